The maximum atomic E-state index is 11.9. The van der Waals surface area contributed by atoms with Crippen LogP contribution >= 0.6 is 23.2 Å². The third-order valence-electron chi connectivity index (χ3n) is 2.31. The number of ether oxygens (including phenoxy) is 2. The summed E-state index contributed by atoms with van der Waals surface area (Å²) < 4.78 is 45.3. The SMILES string of the molecule is COc1ccc(Cl)cc1C(Cl)CCOCC(F)(F)F. The van der Waals surface area contributed by atoms with Crippen molar-refractivity contribution in [2.45, 2.75) is 18.0 Å². The van der Waals surface area contributed by atoms with Crippen molar-refractivity contribution < 1.29 is 22.6 Å². The third-order valence-corrected chi connectivity index (χ3v) is 3.00. The highest BCUT2D eigenvalue weighted by atomic mass is 35.5. The van der Waals surface area contributed by atoms with E-state index in [1.54, 1.807) is 18.2 Å². The molecule has 0 heterocycles. The van der Waals surface area contributed by atoms with E-state index in [2.05, 4.69) is 4.74 Å². The van der Waals surface area contributed by atoms with Gasteiger partial charge in [0.05, 0.1) is 12.5 Å². The smallest absolute Gasteiger partial charge is 0.411 e. The minimum absolute atomic E-state index is 0.0939. The van der Waals surface area contributed by atoms with Crippen molar-refractivity contribution in [2.24, 2.45) is 0 Å². The second kappa shape index (κ2) is 7.22. The lowest BCUT2D eigenvalue weighted by atomic mass is 10.1. The Morgan fingerprint density at radius 3 is 2.58 bits per heavy atom. The number of rotatable bonds is 6. The molecule has 2 nitrogen and oxygen atoms in total. The van der Waals surface area contributed by atoms with Gasteiger partial charge in [-0.15, -0.1) is 11.6 Å². The van der Waals surface area contributed by atoms with E-state index >= 15 is 0 Å². The summed E-state index contributed by atoms with van der Waals surface area (Å²) in [7, 11) is 1.48. The maximum Gasteiger partial charge on any atom is 0.411 e. The molecule has 0 radical (unpaired) electrons. The molecule has 0 aliphatic carbocycles. The van der Waals surface area contributed by atoms with Crippen LogP contribution in [0.15, 0.2) is 18.2 Å². The molecule has 19 heavy (non-hydrogen) atoms. The van der Waals surface area contributed by atoms with Gasteiger partial charge in [0.15, 0.2) is 0 Å². The highest BCUT2D eigenvalue weighted by Crippen LogP contribution is 2.34. The Kier molecular flexibility index (Phi) is 6.23. The zero-order chi connectivity index (χ0) is 14.5. The van der Waals surface area contributed by atoms with E-state index < -0.39 is 18.2 Å². The predicted molar refractivity (Wildman–Crippen MR) is 68.1 cm³/mol. The Balaban J connectivity index is 2.53. The van der Waals surface area contributed by atoms with Gasteiger partial charge in [-0.3, -0.25) is 0 Å². The van der Waals surface area contributed by atoms with Crippen LogP contribution in [0.1, 0.15) is 17.4 Å². The highest BCUT2D eigenvalue weighted by Gasteiger charge is 2.27. The topological polar surface area (TPSA) is 18.5 Å². The number of halogens is 5. The molecule has 7 heteroatoms. The molecule has 0 N–H and O–H groups in total. The number of hydrogen-bond donors (Lipinski definition) is 0. The summed E-state index contributed by atoms with van der Waals surface area (Å²) >= 11 is 12.0. The van der Waals surface area contributed by atoms with Crippen LogP contribution in [0, 0.1) is 0 Å². The first-order valence-corrected chi connectivity index (χ1v) is 6.27. The minimum Gasteiger partial charge on any atom is -0.496 e. The molecule has 0 saturated carbocycles. The van der Waals surface area contributed by atoms with Crippen molar-refractivity contribution in [3.05, 3.63) is 28.8 Å². The number of alkyl halides is 4. The van der Waals surface area contributed by atoms with Crippen molar-refractivity contribution in [1.29, 1.82) is 0 Å². The molecule has 1 aromatic carbocycles. The lowest BCUT2D eigenvalue weighted by Gasteiger charge is -2.15. The molecule has 0 aliphatic rings. The summed E-state index contributed by atoms with van der Waals surface area (Å²) in [6.45, 7) is -1.37. The number of hydrogen-bond acceptors (Lipinski definition) is 2. The van der Waals surface area contributed by atoms with Crippen LogP contribution in [-0.2, 0) is 4.74 Å². The van der Waals surface area contributed by atoms with Crippen LogP contribution in [0.5, 0.6) is 5.75 Å². The van der Waals surface area contributed by atoms with Gasteiger partial charge in [-0.05, 0) is 24.6 Å². The quantitative estimate of drug-likeness (QED) is 0.564. The molecule has 1 rings (SSSR count). The molecule has 0 bridgehead atoms. The molecule has 0 fully saturated rings. The molecule has 0 aromatic heterocycles. The Labute approximate surface area is 119 Å². The molecule has 0 saturated heterocycles. The average Bonchev–Trinajstić information content (AvgIpc) is 2.33. The van der Waals surface area contributed by atoms with E-state index in [9.17, 15) is 13.2 Å². The fourth-order valence-corrected chi connectivity index (χ4v) is 1.92. The number of methoxy groups -OCH3 is 1. The summed E-state index contributed by atoms with van der Waals surface area (Å²) in [5.74, 6) is 0.542. The van der Waals surface area contributed by atoms with Crippen LogP contribution in [0.3, 0.4) is 0 Å². The van der Waals surface area contributed by atoms with Gasteiger partial charge < -0.3 is 9.47 Å². The summed E-state index contributed by atoms with van der Waals surface area (Å²) in [6, 6.07) is 4.93. The van der Waals surface area contributed by atoms with E-state index in [0.717, 1.165) is 0 Å². The van der Waals surface area contributed by atoms with Crippen LogP contribution in [0.25, 0.3) is 0 Å². The number of benzene rings is 1. The van der Waals surface area contributed by atoms with Gasteiger partial charge >= 0.3 is 6.18 Å². The molecule has 1 atom stereocenters. The van der Waals surface area contributed by atoms with E-state index in [0.29, 0.717) is 16.3 Å². The molecule has 1 aromatic rings. The first kappa shape index (κ1) is 16.4. The maximum absolute atomic E-state index is 11.9. The molecule has 0 spiro atoms. The third kappa shape index (κ3) is 5.89. The monoisotopic (exact) mass is 316 g/mol. The molecule has 0 amide bonds. The van der Waals surface area contributed by atoms with Crippen LogP contribution in [-0.4, -0.2) is 26.5 Å². The second-order valence-electron chi connectivity index (χ2n) is 3.81. The van der Waals surface area contributed by atoms with Gasteiger partial charge in [-0.1, -0.05) is 11.6 Å². The first-order chi connectivity index (χ1) is 8.83. The largest absolute Gasteiger partial charge is 0.496 e. The van der Waals surface area contributed by atoms with Crippen molar-refractivity contribution in [1.82, 2.24) is 0 Å². The summed E-state index contributed by atoms with van der Waals surface area (Å²) in [5.41, 5.74) is 0.632. The molecule has 1 unspecified atom stereocenters. The average molecular weight is 317 g/mol. The first-order valence-electron chi connectivity index (χ1n) is 5.45. The van der Waals surface area contributed by atoms with Crippen LogP contribution in [0.2, 0.25) is 5.02 Å². The van der Waals surface area contributed by atoms with Gasteiger partial charge in [0, 0.05) is 17.2 Å². The van der Waals surface area contributed by atoms with E-state index in [1.165, 1.54) is 7.11 Å². The molecular formula is C12H13Cl2F3O2. The van der Waals surface area contributed by atoms with Crippen LogP contribution in [0.4, 0.5) is 13.2 Å². The Hall–Kier alpha value is -0.650. The predicted octanol–water partition coefficient (Wildman–Crippen LogP) is 4.60. The lowest BCUT2D eigenvalue weighted by Crippen LogP contribution is -2.17. The van der Waals surface area contributed by atoms with Crippen LogP contribution < -0.4 is 4.74 Å². The van der Waals surface area contributed by atoms with E-state index in [4.69, 9.17) is 27.9 Å². The zero-order valence-electron chi connectivity index (χ0n) is 10.1. The van der Waals surface area contributed by atoms with Crippen molar-refractivity contribution in [3.63, 3.8) is 0 Å². The molecule has 108 valence electrons. The Morgan fingerprint density at radius 2 is 2.00 bits per heavy atom. The van der Waals surface area contributed by atoms with Crippen molar-refractivity contribution in [2.75, 3.05) is 20.3 Å². The summed E-state index contributed by atoms with van der Waals surface area (Å²) in [5, 5.41) is -0.0421. The highest BCUT2D eigenvalue weighted by molar-refractivity contribution is 6.30. The normalized spacial score (nSPS) is 13.4. The van der Waals surface area contributed by atoms with Crippen molar-refractivity contribution in [3.8, 4) is 5.75 Å². The van der Waals surface area contributed by atoms with E-state index in [-0.39, 0.29) is 13.0 Å². The van der Waals surface area contributed by atoms with Gasteiger partial charge in [0.2, 0.25) is 0 Å². The van der Waals surface area contributed by atoms with Gasteiger partial charge in [-0.2, -0.15) is 13.2 Å². The molecule has 0 aliphatic heterocycles. The fraction of sp³-hybridized carbons (Fsp3) is 0.500. The standard InChI is InChI=1S/C12H13Cl2F3O2/c1-18-11-3-2-8(13)6-9(11)10(14)4-5-19-7-12(15,16)17/h2-3,6,10H,4-5,7H2,1H3. The minimum atomic E-state index is -4.32. The fourth-order valence-electron chi connectivity index (χ4n) is 1.48. The second-order valence-corrected chi connectivity index (χ2v) is 4.77. The summed E-state index contributed by atoms with van der Waals surface area (Å²) in [6.07, 6.45) is -4.09. The Morgan fingerprint density at radius 1 is 1.32 bits per heavy atom. The lowest BCUT2D eigenvalue weighted by molar-refractivity contribution is -0.174. The summed E-state index contributed by atoms with van der Waals surface area (Å²) in [4.78, 5) is 0. The van der Waals surface area contributed by atoms with Crippen molar-refractivity contribution >= 4 is 23.2 Å². The molecular weight excluding hydrogens is 304 g/mol. The zero-order valence-corrected chi connectivity index (χ0v) is 11.6. The van der Waals surface area contributed by atoms with Gasteiger partial charge in [0.1, 0.15) is 12.4 Å². The Bertz CT molecular complexity index is 410. The van der Waals surface area contributed by atoms with Gasteiger partial charge in [0.25, 0.3) is 0 Å². The van der Waals surface area contributed by atoms with E-state index in [1.807, 2.05) is 0 Å². The van der Waals surface area contributed by atoms with Gasteiger partial charge in [-0.25, -0.2) is 0 Å².